The Balaban J connectivity index is 1.47. The largest absolute Gasteiger partial charge is 0.491 e. The third-order valence-corrected chi connectivity index (χ3v) is 8.22. The molecule has 1 N–H and O–H groups in total. The summed E-state index contributed by atoms with van der Waals surface area (Å²) in [5.74, 6) is 1.87. The molecule has 4 rings (SSSR count). The first-order valence-electron chi connectivity index (χ1n) is 13.9. The molecule has 9 heteroatoms. The van der Waals surface area contributed by atoms with E-state index in [2.05, 4.69) is 52.3 Å². The summed E-state index contributed by atoms with van der Waals surface area (Å²) in [6.45, 7) is 20.7. The van der Waals surface area contributed by atoms with E-state index in [0.29, 0.717) is 24.7 Å². The highest BCUT2D eigenvalue weighted by Gasteiger charge is 2.28. The number of aromatic nitrogens is 1. The van der Waals surface area contributed by atoms with Crippen LogP contribution >= 0.6 is 11.6 Å². The molecule has 0 saturated carbocycles. The molecule has 1 aromatic rings. The Morgan fingerprint density at radius 2 is 2.03 bits per heavy atom. The molecule has 0 radical (unpaired) electrons. The molecule has 0 bridgehead atoms. The monoisotopic (exact) mass is 555 g/mol. The second-order valence-corrected chi connectivity index (χ2v) is 10.8. The molecule has 1 amide bonds. The predicted molar refractivity (Wildman–Crippen MR) is 158 cm³/mol. The van der Waals surface area contributed by atoms with Gasteiger partial charge < -0.3 is 24.6 Å². The Morgan fingerprint density at radius 1 is 1.31 bits per heavy atom. The van der Waals surface area contributed by atoms with Crippen molar-refractivity contribution in [1.29, 1.82) is 0 Å². The summed E-state index contributed by atoms with van der Waals surface area (Å²) in [6.07, 6.45) is 7.26. The van der Waals surface area contributed by atoms with Crippen LogP contribution < -0.4 is 10.2 Å². The molecule has 2 fully saturated rings. The molecule has 1 aromatic heterocycles. The van der Waals surface area contributed by atoms with Crippen molar-refractivity contribution >= 4 is 29.0 Å². The van der Waals surface area contributed by atoms with E-state index in [1.54, 1.807) is 0 Å². The third kappa shape index (κ3) is 7.04. The number of ether oxygens (including phenoxy) is 2. The van der Waals surface area contributed by atoms with Crippen molar-refractivity contribution in [2.24, 2.45) is 5.92 Å². The van der Waals surface area contributed by atoms with Crippen molar-refractivity contribution in [3.63, 3.8) is 0 Å². The van der Waals surface area contributed by atoms with E-state index in [1.165, 1.54) is 6.08 Å². The number of hydrogen-bond acceptors (Lipinski definition) is 7. The highest BCUT2D eigenvalue weighted by atomic mass is 35.5. The average molecular weight is 556 g/mol. The lowest BCUT2D eigenvalue weighted by Gasteiger charge is -2.38. The van der Waals surface area contributed by atoms with Crippen molar-refractivity contribution in [2.75, 3.05) is 62.7 Å². The number of pyridine rings is 1. The minimum Gasteiger partial charge on any atom is -0.491 e. The van der Waals surface area contributed by atoms with E-state index >= 15 is 0 Å². The molecule has 3 aliphatic rings. The second-order valence-electron chi connectivity index (χ2n) is 10.4. The summed E-state index contributed by atoms with van der Waals surface area (Å²) in [5, 5.41) is 4.09. The molecule has 8 nitrogen and oxygen atoms in total. The number of amides is 1. The Bertz CT molecular complexity index is 1120. The van der Waals surface area contributed by atoms with Gasteiger partial charge in [-0.1, -0.05) is 24.8 Å². The number of likely N-dealkylation sites (tertiary alicyclic amines) is 1. The average Bonchev–Trinajstić information content (AvgIpc) is 3.12. The van der Waals surface area contributed by atoms with Crippen LogP contribution in [-0.4, -0.2) is 79.2 Å². The molecule has 0 aromatic carbocycles. The van der Waals surface area contributed by atoms with Crippen molar-refractivity contribution in [1.82, 2.24) is 14.8 Å². The molecule has 4 heterocycles. The van der Waals surface area contributed by atoms with Gasteiger partial charge in [0.2, 0.25) is 5.91 Å². The summed E-state index contributed by atoms with van der Waals surface area (Å²) < 4.78 is 11.8. The maximum Gasteiger partial charge on any atom is 0.245 e. The molecule has 3 aliphatic heterocycles. The molecule has 1 unspecified atom stereocenters. The number of likely N-dealkylation sites (N-methyl/N-ethyl adjacent to an activating group) is 1. The first-order chi connectivity index (χ1) is 18.8. The van der Waals surface area contributed by atoms with E-state index < -0.39 is 0 Å². The third-order valence-electron chi connectivity index (χ3n) is 8.01. The van der Waals surface area contributed by atoms with Gasteiger partial charge in [0.25, 0.3) is 0 Å². The fourth-order valence-electron chi connectivity index (χ4n) is 5.61. The number of nitrogens with zero attached hydrogens (tertiary/aromatic N) is 4. The van der Waals surface area contributed by atoms with E-state index in [0.717, 1.165) is 86.3 Å². The molecule has 39 heavy (non-hydrogen) atoms. The molecule has 0 spiro atoms. The number of anilines is 2. The minimum atomic E-state index is -0.0159. The van der Waals surface area contributed by atoms with Crippen LogP contribution in [0.3, 0.4) is 0 Å². The van der Waals surface area contributed by atoms with Crippen molar-refractivity contribution in [2.45, 2.75) is 46.3 Å². The van der Waals surface area contributed by atoms with E-state index in [9.17, 15) is 4.79 Å². The highest BCUT2D eigenvalue weighted by molar-refractivity contribution is 6.31. The van der Waals surface area contributed by atoms with Crippen LogP contribution in [0.2, 0.25) is 0 Å². The summed E-state index contributed by atoms with van der Waals surface area (Å²) in [5.41, 5.74) is 4.06. The molecule has 0 aliphatic carbocycles. The molecular formula is C30H42ClN5O3. The SMILES string of the molecule is C=CC(=O)N(CC)CC(C)N1CCC(/C(=C/C2=C(C)OCc3c(N4CCOCC4)ccnc3N2)C(=C)Cl)CC1. The normalized spacial score (nSPS) is 19.9. The minimum absolute atomic E-state index is 0.0159. The lowest BCUT2D eigenvalue weighted by atomic mass is 9.87. The fourth-order valence-corrected chi connectivity index (χ4v) is 5.82. The standard InChI is InChI=1S/C30H42ClN5O3/c1-6-29(37)34(7-2)19-21(3)35-12-9-24(10-13-35)25(22(4)31)18-27-23(5)39-20-26-28(8-11-32-30(26)33-27)36-14-16-38-17-15-36/h6,8,11,18,21,24H,1,4,7,9-10,12-17,19-20H2,2-3,5H3,(H,32,33)/b25-18+. The number of nitrogens with one attached hydrogen (secondary N) is 1. The van der Waals surface area contributed by atoms with Gasteiger partial charge in [0.15, 0.2) is 0 Å². The van der Waals surface area contributed by atoms with E-state index in [1.807, 2.05) is 24.9 Å². The van der Waals surface area contributed by atoms with Crippen LogP contribution in [-0.2, 0) is 20.9 Å². The van der Waals surface area contributed by atoms with Crippen LogP contribution in [0.5, 0.6) is 0 Å². The van der Waals surface area contributed by atoms with E-state index in [-0.39, 0.29) is 17.9 Å². The lowest BCUT2D eigenvalue weighted by Crippen LogP contribution is -2.47. The van der Waals surface area contributed by atoms with Gasteiger partial charge in [0.1, 0.15) is 18.2 Å². The number of piperidine rings is 1. The summed E-state index contributed by atoms with van der Waals surface area (Å²) >= 11 is 6.59. The van der Waals surface area contributed by atoms with Crippen LogP contribution in [0.1, 0.15) is 39.2 Å². The number of carbonyl (C=O) groups is 1. The number of rotatable bonds is 9. The fraction of sp³-hybridized carbons (Fsp3) is 0.533. The van der Waals surface area contributed by atoms with Gasteiger partial charge in [0, 0.05) is 49.1 Å². The van der Waals surface area contributed by atoms with Crippen molar-refractivity contribution < 1.29 is 14.3 Å². The van der Waals surface area contributed by atoms with Crippen molar-refractivity contribution in [3.8, 4) is 0 Å². The number of carbonyl (C=O) groups excluding carboxylic acids is 1. The Morgan fingerprint density at radius 3 is 2.67 bits per heavy atom. The smallest absolute Gasteiger partial charge is 0.245 e. The van der Waals surface area contributed by atoms with Crippen LogP contribution in [0, 0.1) is 5.92 Å². The van der Waals surface area contributed by atoms with Crippen molar-refractivity contribution in [3.05, 3.63) is 65.2 Å². The second kappa shape index (κ2) is 13.5. The zero-order valence-corrected chi connectivity index (χ0v) is 24.3. The topological polar surface area (TPSA) is 70.2 Å². The predicted octanol–water partition coefficient (Wildman–Crippen LogP) is 4.91. The first-order valence-corrected chi connectivity index (χ1v) is 14.3. The molecule has 1 atom stereocenters. The van der Waals surface area contributed by atoms with Gasteiger partial charge in [-0.05, 0) is 76.4 Å². The van der Waals surface area contributed by atoms with Gasteiger partial charge in [-0.3, -0.25) is 9.69 Å². The van der Waals surface area contributed by atoms with Gasteiger partial charge >= 0.3 is 0 Å². The molecule has 212 valence electrons. The Labute approximate surface area is 238 Å². The Hall–Kier alpha value is -2.81. The number of allylic oxidation sites excluding steroid dienone is 4. The van der Waals surface area contributed by atoms with Crippen LogP contribution in [0.15, 0.2) is 59.6 Å². The maximum atomic E-state index is 12.1. The lowest BCUT2D eigenvalue weighted by molar-refractivity contribution is -0.126. The Kier molecular flexibility index (Phi) is 10.1. The number of fused-ring (bicyclic) bond motifs is 1. The van der Waals surface area contributed by atoms with Gasteiger partial charge in [-0.25, -0.2) is 4.98 Å². The number of morpholine rings is 1. The van der Waals surface area contributed by atoms with Gasteiger partial charge in [-0.15, -0.1) is 0 Å². The van der Waals surface area contributed by atoms with Gasteiger partial charge in [-0.2, -0.15) is 0 Å². The zero-order valence-electron chi connectivity index (χ0n) is 23.5. The summed E-state index contributed by atoms with van der Waals surface area (Å²) in [4.78, 5) is 23.4. The van der Waals surface area contributed by atoms with E-state index in [4.69, 9.17) is 21.1 Å². The van der Waals surface area contributed by atoms with Gasteiger partial charge in [0.05, 0.1) is 24.5 Å². The first kappa shape index (κ1) is 29.2. The molecule has 2 saturated heterocycles. The summed E-state index contributed by atoms with van der Waals surface area (Å²) in [7, 11) is 0. The highest BCUT2D eigenvalue weighted by Crippen LogP contribution is 2.35. The van der Waals surface area contributed by atoms with Crippen LogP contribution in [0.25, 0.3) is 0 Å². The zero-order chi connectivity index (χ0) is 27.9. The summed E-state index contributed by atoms with van der Waals surface area (Å²) in [6, 6.07) is 2.32. The molecular weight excluding hydrogens is 514 g/mol. The van der Waals surface area contributed by atoms with Crippen LogP contribution in [0.4, 0.5) is 11.5 Å². The number of hydrogen-bond donors (Lipinski definition) is 1. The quantitative estimate of drug-likeness (QED) is 0.343. The number of halogens is 1. The maximum absolute atomic E-state index is 12.1.